The summed E-state index contributed by atoms with van der Waals surface area (Å²) in [5.74, 6) is 2.29. The minimum absolute atomic E-state index is 0.0897. The third kappa shape index (κ3) is 4.25. The SMILES string of the molecule is Cc1cccc(OCCc2noc(C3CCN(C(=O)c4ccc(C)s4)C3)n2)c1. The fraction of sp³-hybridized carbons (Fsp3) is 0.381. The molecule has 0 spiro atoms. The molecule has 0 saturated carbocycles. The molecule has 1 aromatic carbocycles. The molecule has 146 valence electrons. The summed E-state index contributed by atoms with van der Waals surface area (Å²) < 4.78 is 11.2. The van der Waals surface area contributed by atoms with E-state index in [1.807, 2.05) is 55.1 Å². The first kappa shape index (κ1) is 18.7. The first-order valence-corrected chi connectivity index (χ1v) is 10.3. The van der Waals surface area contributed by atoms with Gasteiger partial charge in [-0.15, -0.1) is 11.3 Å². The van der Waals surface area contributed by atoms with Gasteiger partial charge in [-0.3, -0.25) is 4.79 Å². The van der Waals surface area contributed by atoms with E-state index in [1.165, 1.54) is 11.3 Å². The van der Waals surface area contributed by atoms with Gasteiger partial charge in [0.05, 0.1) is 17.4 Å². The van der Waals surface area contributed by atoms with Gasteiger partial charge in [0.15, 0.2) is 5.82 Å². The van der Waals surface area contributed by atoms with Gasteiger partial charge in [0.25, 0.3) is 5.91 Å². The predicted molar refractivity (Wildman–Crippen MR) is 107 cm³/mol. The molecule has 0 aliphatic carbocycles. The Kier molecular flexibility index (Phi) is 5.43. The number of aryl methyl sites for hydroxylation is 2. The van der Waals surface area contributed by atoms with Gasteiger partial charge in [-0.05, 0) is 50.1 Å². The number of nitrogens with zero attached hydrogens (tertiary/aromatic N) is 3. The highest BCUT2D eigenvalue weighted by molar-refractivity contribution is 7.13. The molecule has 7 heteroatoms. The van der Waals surface area contributed by atoms with Gasteiger partial charge >= 0.3 is 0 Å². The number of amides is 1. The lowest BCUT2D eigenvalue weighted by Crippen LogP contribution is -2.27. The zero-order valence-electron chi connectivity index (χ0n) is 16.1. The number of likely N-dealkylation sites (tertiary alicyclic amines) is 1. The van der Waals surface area contributed by atoms with Crippen LogP contribution < -0.4 is 4.74 Å². The van der Waals surface area contributed by atoms with Crippen molar-refractivity contribution in [3.05, 3.63) is 63.4 Å². The zero-order valence-corrected chi connectivity index (χ0v) is 16.9. The standard InChI is InChI=1S/C21H23N3O3S/c1-14-4-3-5-17(12-14)26-11-9-19-22-20(27-23-19)16-8-10-24(13-16)21(25)18-7-6-15(2)28-18/h3-7,12,16H,8-11,13H2,1-2H3. The van der Waals surface area contributed by atoms with E-state index in [0.717, 1.165) is 27.5 Å². The lowest BCUT2D eigenvalue weighted by molar-refractivity contribution is 0.0794. The van der Waals surface area contributed by atoms with E-state index in [-0.39, 0.29) is 11.8 Å². The molecule has 1 aliphatic rings. The maximum absolute atomic E-state index is 12.6. The molecule has 6 nitrogen and oxygen atoms in total. The fourth-order valence-corrected chi connectivity index (χ4v) is 4.19. The van der Waals surface area contributed by atoms with Gasteiger partial charge in [0, 0.05) is 24.4 Å². The van der Waals surface area contributed by atoms with Crippen LogP contribution in [0.4, 0.5) is 0 Å². The van der Waals surface area contributed by atoms with Crippen LogP contribution in [0.5, 0.6) is 5.75 Å². The minimum Gasteiger partial charge on any atom is -0.493 e. The van der Waals surface area contributed by atoms with Gasteiger partial charge in [0.1, 0.15) is 5.75 Å². The van der Waals surface area contributed by atoms with Gasteiger partial charge in [-0.25, -0.2) is 0 Å². The van der Waals surface area contributed by atoms with Crippen LogP contribution >= 0.6 is 11.3 Å². The van der Waals surface area contributed by atoms with Crippen molar-refractivity contribution in [2.75, 3.05) is 19.7 Å². The number of benzene rings is 1. The van der Waals surface area contributed by atoms with Crippen LogP contribution in [0.25, 0.3) is 0 Å². The molecule has 0 N–H and O–H groups in total. The van der Waals surface area contributed by atoms with Crippen LogP contribution in [0.3, 0.4) is 0 Å². The van der Waals surface area contributed by atoms with Crippen LogP contribution in [0.1, 0.15) is 44.2 Å². The number of aromatic nitrogens is 2. The second-order valence-corrected chi connectivity index (χ2v) is 8.40. The second kappa shape index (κ2) is 8.14. The third-order valence-electron chi connectivity index (χ3n) is 4.84. The number of hydrogen-bond acceptors (Lipinski definition) is 6. The molecule has 1 saturated heterocycles. The van der Waals surface area contributed by atoms with Gasteiger partial charge in [-0.1, -0.05) is 17.3 Å². The fourth-order valence-electron chi connectivity index (χ4n) is 3.35. The van der Waals surface area contributed by atoms with Gasteiger partial charge in [0.2, 0.25) is 5.89 Å². The van der Waals surface area contributed by atoms with E-state index in [9.17, 15) is 4.79 Å². The lowest BCUT2D eigenvalue weighted by atomic mass is 10.1. The van der Waals surface area contributed by atoms with Crippen LogP contribution in [-0.4, -0.2) is 40.6 Å². The van der Waals surface area contributed by atoms with Crippen LogP contribution in [0.2, 0.25) is 0 Å². The van der Waals surface area contributed by atoms with Crippen molar-refractivity contribution in [2.24, 2.45) is 0 Å². The summed E-state index contributed by atoms with van der Waals surface area (Å²) in [7, 11) is 0. The largest absolute Gasteiger partial charge is 0.493 e. The lowest BCUT2D eigenvalue weighted by Gasteiger charge is -2.14. The highest BCUT2D eigenvalue weighted by Crippen LogP contribution is 2.28. The average Bonchev–Trinajstić information content (AvgIpc) is 3.41. The van der Waals surface area contributed by atoms with Crippen molar-refractivity contribution in [1.29, 1.82) is 0 Å². The van der Waals surface area contributed by atoms with Gasteiger partial charge < -0.3 is 14.2 Å². The summed E-state index contributed by atoms with van der Waals surface area (Å²) in [5.41, 5.74) is 1.16. The highest BCUT2D eigenvalue weighted by Gasteiger charge is 2.32. The van der Waals surface area contributed by atoms with Gasteiger partial charge in [-0.2, -0.15) is 4.98 Å². The molecule has 3 aromatic rings. The molecule has 2 aromatic heterocycles. The molecule has 3 heterocycles. The first-order chi connectivity index (χ1) is 13.6. The Hall–Kier alpha value is -2.67. The Balaban J connectivity index is 1.30. The molecule has 1 fully saturated rings. The summed E-state index contributed by atoms with van der Waals surface area (Å²) in [4.78, 5) is 20.9. The number of hydrogen-bond donors (Lipinski definition) is 0. The monoisotopic (exact) mass is 397 g/mol. The van der Waals surface area contributed by atoms with Crippen molar-refractivity contribution in [3.63, 3.8) is 0 Å². The van der Waals surface area contributed by atoms with Crippen LogP contribution in [0, 0.1) is 13.8 Å². The van der Waals surface area contributed by atoms with Crippen molar-refractivity contribution < 1.29 is 14.1 Å². The molecule has 1 unspecified atom stereocenters. The van der Waals surface area contributed by atoms with Crippen LogP contribution in [-0.2, 0) is 6.42 Å². The Bertz CT molecular complexity index is 965. The maximum Gasteiger partial charge on any atom is 0.263 e. The Morgan fingerprint density at radius 2 is 2.21 bits per heavy atom. The molecule has 1 amide bonds. The molecule has 1 aliphatic heterocycles. The van der Waals surface area contributed by atoms with E-state index in [1.54, 1.807) is 0 Å². The normalized spacial score (nSPS) is 16.5. The first-order valence-electron chi connectivity index (χ1n) is 9.46. The van der Waals surface area contributed by atoms with Crippen molar-refractivity contribution in [3.8, 4) is 5.75 Å². The summed E-state index contributed by atoms with van der Waals surface area (Å²) in [6, 6.07) is 11.8. The summed E-state index contributed by atoms with van der Waals surface area (Å²) in [6.07, 6.45) is 1.43. The summed E-state index contributed by atoms with van der Waals surface area (Å²) in [5, 5.41) is 4.07. The Morgan fingerprint density at radius 1 is 1.32 bits per heavy atom. The number of ether oxygens (including phenoxy) is 1. The number of carbonyl (C=O) groups is 1. The third-order valence-corrected chi connectivity index (χ3v) is 5.83. The number of carbonyl (C=O) groups excluding carboxylic acids is 1. The Labute approximate surface area is 168 Å². The maximum atomic E-state index is 12.6. The average molecular weight is 398 g/mol. The Morgan fingerprint density at radius 3 is 3.00 bits per heavy atom. The number of rotatable bonds is 6. The van der Waals surface area contributed by atoms with E-state index in [0.29, 0.717) is 37.8 Å². The molecular formula is C21H23N3O3S. The quantitative estimate of drug-likeness (QED) is 0.629. The van der Waals surface area contributed by atoms with Crippen molar-refractivity contribution in [2.45, 2.75) is 32.6 Å². The number of thiophene rings is 1. The molecule has 1 atom stereocenters. The van der Waals surface area contributed by atoms with E-state index < -0.39 is 0 Å². The molecule has 4 rings (SSSR count). The van der Waals surface area contributed by atoms with Crippen molar-refractivity contribution >= 4 is 17.2 Å². The molecule has 0 radical (unpaired) electrons. The molecular weight excluding hydrogens is 374 g/mol. The summed E-state index contributed by atoms with van der Waals surface area (Å²) >= 11 is 1.54. The second-order valence-electron chi connectivity index (χ2n) is 7.11. The zero-order chi connectivity index (χ0) is 19.5. The molecule has 28 heavy (non-hydrogen) atoms. The topological polar surface area (TPSA) is 68.5 Å². The van der Waals surface area contributed by atoms with Crippen LogP contribution in [0.15, 0.2) is 40.9 Å². The predicted octanol–water partition coefficient (Wildman–Crippen LogP) is 4.00. The summed E-state index contributed by atoms with van der Waals surface area (Å²) in [6.45, 7) is 5.88. The van der Waals surface area contributed by atoms with E-state index >= 15 is 0 Å². The van der Waals surface area contributed by atoms with E-state index in [4.69, 9.17) is 9.26 Å². The minimum atomic E-state index is 0.0897. The molecule has 0 bridgehead atoms. The van der Waals surface area contributed by atoms with Crippen molar-refractivity contribution in [1.82, 2.24) is 15.0 Å². The highest BCUT2D eigenvalue weighted by atomic mass is 32.1. The smallest absolute Gasteiger partial charge is 0.263 e. The van der Waals surface area contributed by atoms with E-state index in [2.05, 4.69) is 10.1 Å².